The third-order valence-electron chi connectivity index (χ3n) is 9.14. The summed E-state index contributed by atoms with van der Waals surface area (Å²) in [4.78, 5) is 35.3. The number of nitrogens with zero attached hydrogens (tertiary/aromatic N) is 1. The second-order valence-corrected chi connectivity index (χ2v) is 17.2. The first kappa shape index (κ1) is 52.2. The van der Waals surface area contributed by atoms with Crippen molar-refractivity contribution < 1.29 is 42.1 Å². The molecule has 0 rings (SSSR count). The lowest BCUT2D eigenvalue weighted by atomic mass is 10.1. The molecule has 1 N–H and O–H groups in total. The van der Waals surface area contributed by atoms with Gasteiger partial charge in [0.1, 0.15) is 19.8 Å². The maximum atomic E-state index is 12.7. The summed E-state index contributed by atoms with van der Waals surface area (Å²) in [5.41, 5.74) is 0. The SMILES string of the molecule is CCCCC/C=C/C/C=C/CCCCCCCC(=O)O[C@H](COC(=O)CCCCCCCCC/C=C/CCCCCC)COP(=O)(O)OCC[N+](C)(C)C. The lowest BCUT2D eigenvalue weighted by Gasteiger charge is -2.24. The van der Waals surface area contributed by atoms with Crippen LogP contribution in [0.25, 0.3) is 0 Å². The van der Waals surface area contributed by atoms with Crippen LogP contribution in [-0.2, 0) is 32.7 Å². The number of hydrogen-bond donors (Lipinski definition) is 1. The molecule has 0 aromatic heterocycles. The first-order valence-corrected chi connectivity index (χ1v) is 23.2. The minimum Gasteiger partial charge on any atom is -0.462 e. The van der Waals surface area contributed by atoms with Crippen LogP contribution in [0.4, 0.5) is 0 Å². The molecule has 0 fully saturated rings. The van der Waals surface area contributed by atoms with Crippen LogP contribution < -0.4 is 0 Å². The van der Waals surface area contributed by atoms with Gasteiger partial charge in [0, 0.05) is 12.8 Å². The van der Waals surface area contributed by atoms with E-state index in [1.54, 1.807) is 0 Å². The van der Waals surface area contributed by atoms with Crippen molar-refractivity contribution in [2.45, 2.75) is 187 Å². The van der Waals surface area contributed by atoms with E-state index in [4.69, 9.17) is 18.5 Å². The Labute approximate surface area is 331 Å². The number of ether oxygens (including phenoxy) is 2. The number of carbonyl (C=O) groups is 2. The van der Waals surface area contributed by atoms with Crippen molar-refractivity contribution in [2.75, 3.05) is 47.5 Å². The zero-order chi connectivity index (χ0) is 40.0. The summed E-state index contributed by atoms with van der Waals surface area (Å²) in [6.07, 6.45) is 40.4. The van der Waals surface area contributed by atoms with Gasteiger partial charge in [-0.2, -0.15) is 0 Å². The molecule has 1 unspecified atom stereocenters. The number of phosphoric ester groups is 1. The van der Waals surface area contributed by atoms with E-state index in [9.17, 15) is 19.0 Å². The molecule has 0 aromatic rings. The van der Waals surface area contributed by atoms with E-state index in [1.807, 2.05) is 21.1 Å². The summed E-state index contributed by atoms with van der Waals surface area (Å²) in [5.74, 6) is -0.819. The van der Waals surface area contributed by atoms with Gasteiger partial charge < -0.3 is 18.9 Å². The van der Waals surface area contributed by atoms with Crippen molar-refractivity contribution in [3.05, 3.63) is 36.5 Å². The van der Waals surface area contributed by atoms with Crippen LogP contribution in [0.15, 0.2) is 36.5 Å². The lowest BCUT2D eigenvalue weighted by molar-refractivity contribution is -0.870. The minimum atomic E-state index is -4.38. The van der Waals surface area contributed by atoms with Gasteiger partial charge in [-0.15, -0.1) is 0 Å². The fourth-order valence-corrected chi connectivity index (χ4v) is 6.43. The van der Waals surface area contributed by atoms with Crippen LogP contribution in [0.1, 0.15) is 181 Å². The lowest BCUT2D eigenvalue weighted by Crippen LogP contribution is -2.37. The fourth-order valence-electron chi connectivity index (χ4n) is 5.68. The molecule has 0 radical (unpaired) electrons. The number of rotatable bonds is 39. The number of esters is 2. The highest BCUT2D eigenvalue weighted by molar-refractivity contribution is 7.47. The third kappa shape index (κ3) is 39.9. The zero-order valence-electron chi connectivity index (χ0n) is 35.5. The van der Waals surface area contributed by atoms with Crippen molar-refractivity contribution in [3.63, 3.8) is 0 Å². The Balaban J connectivity index is 4.40. The Hall–Kier alpha value is -1.77. The van der Waals surface area contributed by atoms with Gasteiger partial charge in [-0.05, 0) is 70.6 Å². The number of likely N-dealkylation sites (N-methyl/N-ethyl adjacent to an activating group) is 1. The average Bonchev–Trinajstić information content (AvgIpc) is 3.12. The molecule has 316 valence electrons. The Bertz CT molecular complexity index is 1020. The van der Waals surface area contributed by atoms with Gasteiger partial charge in [0.2, 0.25) is 0 Å². The highest BCUT2D eigenvalue weighted by atomic mass is 31.2. The van der Waals surface area contributed by atoms with Gasteiger partial charge in [-0.1, -0.05) is 134 Å². The van der Waals surface area contributed by atoms with Gasteiger partial charge in [0.15, 0.2) is 6.10 Å². The summed E-state index contributed by atoms with van der Waals surface area (Å²) < 4.78 is 34.3. The molecule has 54 heavy (non-hydrogen) atoms. The molecular weight excluding hydrogens is 701 g/mol. The molecule has 0 aliphatic rings. The van der Waals surface area contributed by atoms with Crippen molar-refractivity contribution in [2.24, 2.45) is 0 Å². The van der Waals surface area contributed by atoms with Crippen LogP contribution in [0.3, 0.4) is 0 Å². The van der Waals surface area contributed by atoms with Crippen LogP contribution in [0.5, 0.6) is 0 Å². The average molecular weight is 785 g/mol. The van der Waals surface area contributed by atoms with E-state index in [1.165, 1.54) is 77.0 Å². The second kappa shape index (κ2) is 36.8. The van der Waals surface area contributed by atoms with Crippen LogP contribution in [0.2, 0.25) is 0 Å². The van der Waals surface area contributed by atoms with Crippen molar-refractivity contribution in [1.82, 2.24) is 0 Å². The van der Waals surface area contributed by atoms with E-state index >= 15 is 0 Å². The highest BCUT2D eigenvalue weighted by Gasteiger charge is 2.27. The van der Waals surface area contributed by atoms with E-state index in [2.05, 4.69) is 50.3 Å². The van der Waals surface area contributed by atoms with E-state index in [0.29, 0.717) is 17.4 Å². The maximum Gasteiger partial charge on any atom is 0.472 e. The minimum absolute atomic E-state index is 0.0279. The topological polar surface area (TPSA) is 108 Å². The summed E-state index contributed by atoms with van der Waals surface area (Å²) in [6, 6.07) is 0. The monoisotopic (exact) mass is 785 g/mol. The summed E-state index contributed by atoms with van der Waals surface area (Å²) in [6.45, 7) is 4.36. The number of unbranched alkanes of at least 4 members (excludes halogenated alkanes) is 19. The standard InChI is InChI=1S/C44H82NO8P/c1-6-8-10-12-14-16-18-20-22-24-26-28-30-32-34-36-43(46)50-40-42(41-52-54(48,49)51-39-38-45(3,4)5)53-44(47)37-35-33-31-29-27-25-23-21-19-17-15-13-11-9-7-2/h15-18,21,23,42H,6-14,19-20,22,24-41H2,1-5H3/p+1/b17-15+,18-16+,23-21+/t42-/m1/s1. The molecule has 0 spiro atoms. The predicted octanol–water partition coefficient (Wildman–Crippen LogP) is 12.1. The number of carbonyl (C=O) groups excluding carboxylic acids is 2. The van der Waals surface area contributed by atoms with Crippen LogP contribution >= 0.6 is 7.82 Å². The van der Waals surface area contributed by atoms with Crippen molar-refractivity contribution >= 4 is 19.8 Å². The summed E-state index contributed by atoms with van der Waals surface area (Å²) >= 11 is 0. The molecule has 0 saturated heterocycles. The van der Waals surface area contributed by atoms with E-state index in [-0.39, 0.29) is 32.0 Å². The quantitative estimate of drug-likeness (QED) is 0.0216. The third-order valence-corrected chi connectivity index (χ3v) is 10.1. The molecular formula is C44H83NO8P+. The number of hydrogen-bond acceptors (Lipinski definition) is 7. The fraction of sp³-hybridized carbons (Fsp3) is 0.818. The molecule has 0 aromatic carbocycles. The van der Waals surface area contributed by atoms with Gasteiger partial charge >= 0.3 is 19.8 Å². The van der Waals surface area contributed by atoms with E-state index in [0.717, 1.165) is 70.6 Å². The van der Waals surface area contributed by atoms with Crippen LogP contribution in [0, 0.1) is 0 Å². The molecule has 0 bridgehead atoms. The predicted molar refractivity (Wildman–Crippen MR) is 224 cm³/mol. The number of quaternary nitrogens is 1. The summed E-state index contributed by atoms with van der Waals surface area (Å²) in [5, 5.41) is 0. The molecule has 0 saturated carbocycles. The number of allylic oxidation sites excluding steroid dienone is 6. The Morgan fingerprint density at radius 3 is 1.52 bits per heavy atom. The number of phosphoric acid groups is 1. The largest absolute Gasteiger partial charge is 0.472 e. The Morgan fingerprint density at radius 2 is 1.00 bits per heavy atom. The van der Waals surface area contributed by atoms with Crippen molar-refractivity contribution in [3.8, 4) is 0 Å². The van der Waals surface area contributed by atoms with Gasteiger partial charge in [0.25, 0.3) is 0 Å². The first-order chi connectivity index (χ1) is 26.0. The molecule has 9 nitrogen and oxygen atoms in total. The zero-order valence-corrected chi connectivity index (χ0v) is 36.3. The Morgan fingerprint density at radius 1 is 0.574 bits per heavy atom. The van der Waals surface area contributed by atoms with Gasteiger partial charge in [-0.25, -0.2) is 4.57 Å². The van der Waals surface area contributed by atoms with Crippen LogP contribution in [-0.4, -0.2) is 74.9 Å². The molecule has 0 heterocycles. The second-order valence-electron chi connectivity index (χ2n) is 15.7. The normalized spacial score (nSPS) is 14.0. The molecule has 0 aliphatic heterocycles. The maximum absolute atomic E-state index is 12.7. The van der Waals surface area contributed by atoms with E-state index < -0.39 is 26.5 Å². The summed E-state index contributed by atoms with van der Waals surface area (Å²) in [7, 11) is 1.46. The smallest absolute Gasteiger partial charge is 0.462 e. The van der Waals surface area contributed by atoms with Gasteiger partial charge in [0.05, 0.1) is 27.7 Å². The van der Waals surface area contributed by atoms with Gasteiger partial charge in [-0.3, -0.25) is 18.6 Å². The molecule has 0 amide bonds. The highest BCUT2D eigenvalue weighted by Crippen LogP contribution is 2.43. The molecule has 10 heteroatoms. The Kier molecular flexibility index (Phi) is 35.6. The molecule has 0 aliphatic carbocycles. The first-order valence-electron chi connectivity index (χ1n) is 21.7. The molecule has 2 atom stereocenters. The van der Waals surface area contributed by atoms with Crippen molar-refractivity contribution in [1.29, 1.82) is 0 Å².